The number of esters is 1. The first-order valence-corrected chi connectivity index (χ1v) is 11.0. The van der Waals surface area contributed by atoms with Gasteiger partial charge in [0.15, 0.2) is 0 Å². The number of carbonyl (C=O) groups excluding carboxylic acids is 1. The quantitative estimate of drug-likeness (QED) is 0.351. The van der Waals surface area contributed by atoms with Crippen LogP contribution in [-0.2, 0) is 23.6 Å². The maximum atomic E-state index is 12.1. The summed E-state index contributed by atoms with van der Waals surface area (Å²) in [5, 5.41) is -0.265. The molecule has 4 rings (SSSR count). The second kappa shape index (κ2) is 7.75. The van der Waals surface area contributed by atoms with Crippen LogP contribution in [0.25, 0.3) is 0 Å². The maximum Gasteiger partial charge on any atom is 0.476 e. The number of ether oxygens (including phenoxy) is 2. The Morgan fingerprint density at radius 2 is 1.93 bits per heavy atom. The molecule has 0 unspecified atom stereocenters. The maximum absolute atomic E-state index is 12.1. The first-order valence-electron chi connectivity index (χ1n) is 10.6. The highest BCUT2D eigenvalue weighted by molar-refractivity contribution is 6.59. The molecule has 5 nitrogen and oxygen atoms in total. The molecule has 7 heteroatoms. The molecule has 6 atom stereocenters. The topological polar surface area (TPSA) is 54.0 Å². The second-order valence-electron chi connectivity index (χ2n) is 10.6. The molecule has 0 N–H and O–H groups in total. The lowest BCUT2D eigenvalue weighted by molar-refractivity contribution is -0.199. The monoisotopic (exact) mass is 414 g/mol. The van der Waals surface area contributed by atoms with Crippen molar-refractivity contribution in [2.24, 2.45) is 17.3 Å². The standard InChI is InChI=1S/C21H36BClO5/c1-19(2,3)26-18(24)12-14(25-7)8-9-17(23)22-27-16-11-13-10-15(20(13,4)5)21(16,6)28-22/h13-17H,8-12H2,1-7H3/t13-,14-,15-,16+,17+,21-/m0/s1. The van der Waals surface area contributed by atoms with E-state index in [4.69, 9.17) is 30.4 Å². The molecule has 1 aliphatic heterocycles. The van der Waals surface area contributed by atoms with Gasteiger partial charge in [-0.2, -0.15) is 0 Å². The average Bonchev–Trinajstić information content (AvgIpc) is 2.93. The van der Waals surface area contributed by atoms with E-state index in [2.05, 4.69) is 20.8 Å². The molecule has 0 aromatic heterocycles. The lowest BCUT2D eigenvalue weighted by Gasteiger charge is -2.64. The van der Waals surface area contributed by atoms with Crippen molar-refractivity contribution >= 4 is 24.7 Å². The number of hydrogen-bond acceptors (Lipinski definition) is 5. The van der Waals surface area contributed by atoms with E-state index >= 15 is 0 Å². The zero-order valence-corrected chi connectivity index (χ0v) is 19.2. The summed E-state index contributed by atoms with van der Waals surface area (Å²) >= 11 is 6.67. The minimum absolute atomic E-state index is 0.135. The third-order valence-corrected chi connectivity index (χ3v) is 7.60. The van der Waals surface area contributed by atoms with Gasteiger partial charge in [-0.1, -0.05) is 13.8 Å². The van der Waals surface area contributed by atoms with Gasteiger partial charge >= 0.3 is 13.1 Å². The summed E-state index contributed by atoms with van der Waals surface area (Å²) in [6.45, 7) is 12.5. The molecule has 3 aliphatic carbocycles. The van der Waals surface area contributed by atoms with Gasteiger partial charge in [0, 0.05) is 7.11 Å². The van der Waals surface area contributed by atoms with E-state index in [1.807, 2.05) is 20.8 Å². The van der Waals surface area contributed by atoms with Crippen molar-refractivity contribution in [2.45, 2.75) is 102 Å². The summed E-state index contributed by atoms with van der Waals surface area (Å²) in [5.74, 6) is 0.995. The first kappa shape index (κ1) is 22.4. The predicted molar refractivity (Wildman–Crippen MR) is 110 cm³/mol. The highest BCUT2D eigenvalue weighted by Crippen LogP contribution is 2.65. The molecule has 0 spiro atoms. The Morgan fingerprint density at radius 3 is 2.50 bits per heavy atom. The fourth-order valence-corrected chi connectivity index (χ4v) is 5.64. The molecule has 1 saturated heterocycles. The predicted octanol–water partition coefficient (Wildman–Crippen LogP) is 4.39. The molecule has 4 fully saturated rings. The number of hydrogen-bond donors (Lipinski definition) is 0. The van der Waals surface area contributed by atoms with Crippen LogP contribution in [0, 0.1) is 17.3 Å². The summed E-state index contributed by atoms with van der Waals surface area (Å²) < 4.78 is 23.5. The second-order valence-corrected chi connectivity index (χ2v) is 11.1. The van der Waals surface area contributed by atoms with Gasteiger partial charge in [-0.3, -0.25) is 4.79 Å². The van der Waals surface area contributed by atoms with Crippen LogP contribution >= 0.6 is 11.6 Å². The van der Waals surface area contributed by atoms with E-state index in [-0.39, 0.29) is 35.5 Å². The van der Waals surface area contributed by atoms with E-state index in [0.717, 1.165) is 12.3 Å². The van der Waals surface area contributed by atoms with Crippen LogP contribution < -0.4 is 0 Å². The van der Waals surface area contributed by atoms with Gasteiger partial charge in [-0.05, 0) is 70.6 Å². The largest absolute Gasteiger partial charge is 0.476 e. The number of halogens is 1. The number of alkyl halides is 1. The van der Waals surface area contributed by atoms with Crippen LogP contribution in [0.3, 0.4) is 0 Å². The first-order chi connectivity index (χ1) is 12.9. The van der Waals surface area contributed by atoms with Crippen LogP contribution in [0.15, 0.2) is 0 Å². The van der Waals surface area contributed by atoms with Crippen LogP contribution in [0.4, 0.5) is 0 Å². The Hall–Kier alpha value is -0.295. The summed E-state index contributed by atoms with van der Waals surface area (Å²) in [6.07, 6.45) is 3.74. The van der Waals surface area contributed by atoms with Crippen molar-refractivity contribution in [3.05, 3.63) is 0 Å². The van der Waals surface area contributed by atoms with Gasteiger partial charge in [-0.15, -0.1) is 11.6 Å². The Labute approximate surface area is 175 Å². The Bertz CT molecular complexity index is 592. The fraction of sp³-hybridized carbons (Fsp3) is 0.952. The summed E-state index contributed by atoms with van der Waals surface area (Å²) in [5.41, 5.74) is -0.413. The van der Waals surface area contributed by atoms with Crippen molar-refractivity contribution in [3.63, 3.8) is 0 Å². The number of rotatable bonds is 7. The van der Waals surface area contributed by atoms with Gasteiger partial charge < -0.3 is 18.8 Å². The van der Waals surface area contributed by atoms with Gasteiger partial charge in [0.1, 0.15) is 5.60 Å². The van der Waals surface area contributed by atoms with E-state index < -0.39 is 12.7 Å². The summed E-state index contributed by atoms with van der Waals surface area (Å²) in [6, 6.07) is 0. The molecule has 2 bridgehead atoms. The van der Waals surface area contributed by atoms with Crippen molar-refractivity contribution in [2.75, 3.05) is 7.11 Å². The molecular weight excluding hydrogens is 378 g/mol. The summed E-state index contributed by atoms with van der Waals surface area (Å²) in [7, 11) is 1.22. The van der Waals surface area contributed by atoms with E-state index in [9.17, 15) is 4.79 Å². The number of methoxy groups -OCH3 is 1. The third kappa shape index (κ3) is 4.26. The molecule has 4 aliphatic rings. The number of carbonyl (C=O) groups is 1. The van der Waals surface area contributed by atoms with E-state index in [0.29, 0.717) is 24.2 Å². The lowest BCUT2D eigenvalue weighted by atomic mass is 9.43. The lowest BCUT2D eigenvalue weighted by Crippen LogP contribution is -2.65. The Morgan fingerprint density at radius 1 is 1.25 bits per heavy atom. The smallest absolute Gasteiger partial charge is 0.460 e. The van der Waals surface area contributed by atoms with Crippen LogP contribution in [0.1, 0.15) is 73.6 Å². The van der Waals surface area contributed by atoms with Crippen LogP contribution in [-0.4, -0.2) is 48.9 Å². The highest BCUT2D eigenvalue weighted by atomic mass is 35.5. The zero-order chi connectivity index (χ0) is 20.9. The van der Waals surface area contributed by atoms with Gasteiger partial charge in [-0.25, -0.2) is 0 Å². The molecule has 3 saturated carbocycles. The van der Waals surface area contributed by atoms with Crippen LogP contribution in [0.5, 0.6) is 0 Å². The Kier molecular flexibility index (Phi) is 6.20. The molecule has 160 valence electrons. The van der Waals surface area contributed by atoms with Gasteiger partial charge in [0.25, 0.3) is 0 Å². The van der Waals surface area contributed by atoms with Crippen molar-refractivity contribution in [1.29, 1.82) is 0 Å². The molecule has 0 radical (unpaired) electrons. The molecule has 1 heterocycles. The SMILES string of the molecule is CO[C@@H](CC[C@@H](Cl)B1O[C@@H]2C[C@@H]3C[C@@H](C3(C)C)[C@]2(C)O1)CC(=O)OC(C)(C)C. The van der Waals surface area contributed by atoms with Crippen molar-refractivity contribution in [1.82, 2.24) is 0 Å². The van der Waals surface area contributed by atoms with Crippen molar-refractivity contribution in [3.8, 4) is 0 Å². The van der Waals surface area contributed by atoms with E-state index in [1.165, 1.54) is 6.42 Å². The third-order valence-electron chi connectivity index (χ3n) is 7.18. The summed E-state index contributed by atoms with van der Waals surface area (Å²) in [4.78, 5) is 12.1. The molecular formula is C21H36BClO5. The molecule has 0 aromatic rings. The zero-order valence-electron chi connectivity index (χ0n) is 18.4. The molecule has 28 heavy (non-hydrogen) atoms. The van der Waals surface area contributed by atoms with Crippen LogP contribution in [0.2, 0.25) is 0 Å². The minimum Gasteiger partial charge on any atom is -0.460 e. The van der Waals surface area contributed by atoms with E-state index in [1.54, 1.807) is 7.11 Å². The normalized spacial score (nSPS) is 35.7. The molecule has 0 amide bonds. The van der Waals surface area contributed by atoms with Gasteiger partial charge in [0.05, 0.1) is 29.5 Å². The van der Waals surface area contributed by atoms with Gasteiger partial charge in [0.2, 0.25) is 0 Å². The Balaban J connectivity index is 1.50. The average molecular weight is 415 g/mol. The molecule has 0 aromatic carbocycles. The highest BCUT2D eigenvalue weighted by Gasteiger charge is 2.68. The minimum atomic E-state index is -0.490. The fourth-order valence-electron chi connectivity index (χ4n) is 5.41. The van der Waals surface area contributed by atoms with Crippen molar-refractivity contribution < 1.29 is 23.6 Å².